The van der Waals surface area contributed by atoms with Crippen LogP contribution in [0.3, 0.4) is 0 Å². The van der Waals surface area contributed by atoms with Gasteiger partial charge in [-0.2, -0.15) is 0 Å². The minimum absolute atomic E-state index is 0.0314. The summed E-state index contributed by atoms with van der Waals surface area (Å²) in [7, 11) is -4.19. The second-order valence-corrected chi connectivity index (χ2v) is 7.27. The van der Waals surface area contributed by atoms with Crippen molar-refractivity contribution >= 4 is 33.2 Å². The molecule has 0 aliphatic rings. The molecule has 0 spiro atoms. The summed E-state index contributed by atoms with van der Waals surface area (Å²) in [5, 5.41) is 20.3. The number of amides is 2. The molecule has 4 N–H and O–H groups in total. The third-order valence-electron chi connectivity index (χ3n) is 3.53. The molecule has 148 valence electrons. The van der Waals surface area contributed by atoms with E-state index in [0.717, 1.165) is 18.2 Å². The summed E-state index contributed by atoms with van der Waals surface area (Å²) in [5.74, 6) is -2.45. The van der Waals surface area contributed by atoms with Crippen LogP contribution >= 0.6 is 0 Å². The van der Waals surface area contributed by atoms with E-state index in [1.54, 1.807) is 0 Å². The lowest BCUT2D eigenvalue weighted by Gasteiger charge is -2.14. The fourth-order valence-corrected chi connectivity index (χ4v) is 2.72. The average molecular weight is 410 g/mol. The highest BCUT2D eigenvalue weighted by Crippen LogP contribution is 2.18. The standard InChI is InChI=1S/C16H15FN4O6S/c1-9(19-16(23)10-3-2-4-13(5-10)21(24)25)15(22)20-12-6-11(17)7-14(8-12)28(18,26)27/h2-9H,1H3,(H,19,23)(H,20,22)(H2,18,26,27). The molecular formula is C16H15FN4O6S. The molecule has 0 aliphatic heterocycles. The molecule has 0 aromatic heterocycles. The van der Waals surface area contributed by atoms with Crippen LogP contribution in [0.4, 0.5) is 15.8 Å². The van der Waals surface area contributed by atoms with Gasteiger partial charge in [0.15, 0.2) is 0 Å². The van der Waals surface area contributed by atoms with E-state index in [2.05, 4.69) is 10.6 Å². The van der Waals surface area contributed by atoms with E-state index in [9.17, 15) is 32.5 Å². The Balaban J connectivity index is 2.11. The molecule has 2 aromatic carbocycles. The molecule has 10 nitrogen and oxygen atoms in total. The van der Waals surface area contributed by atoms with Crippen molar-refractivity contribution in [1.29, 1.82) is 0 Å². The minimum atomic E-state index is -4.19. The average Bonchev–Trinajstić information content (AvgIpc) is 2.60. The van der Waals surface area contributed by atoms with E-state index in [-0.39, 0.29) is 16.9 Å². The Morgan fingerprint density at radius 2 is 1.89 bits per heavy atom. The fourth-order valence-electron chi connectivity index (χ4n) is 2.16. The monoisotopic (exact) mass is 410 g/mol. The van der Waals surface area contributed by atoms with Crippen LogP contribution in [0.5, 0.6) is 0 Å². The van der Waals surface area contributed by atoms with Gasteiger partial charge in [-0.3, -0.25) is 19.7 Å². The summed E-state index contributed by atoms with van der Waals surface area (Å²) < 4.78 is 36.2. The lowest BCUT2D eigenvalue weighted by Crippen LogP contribution is -2.41. The lowest BCUT2D eigenvalue weighted by molar-refractivity contribution is -0.384. The van der Waals surface area contributed by atoms with Crippen LogP contribution in [-0.2, 0) is 14.8 Å². The van der Waals surface area contributed by atoms with Gasteiger partial charge in [0, 0.05) is 23.4 Å². The number of halogens is 1. The maximum atomic E-state index is 13.5. The summed E-state index contributed by atoms with van der Waals surface area (Å²) in [6.45, 7) is 1.32. The zero-order valence-corrected chi connectivity index (χ0v) is 15.2. The maximum absolute atomic E-state index is 13.5. The Bertz CT molecular complexity index is 1060. The van der Waals surface area contributed by atoms with Gasteiger partial charge in [-0.1, -0.05) is 6.07 Å². The molecule has 0 saturated heterocycles. The van der Waals surface area contributed by atoms with Crippen molar-refractivity contribution in [3.8, 4) is 0 Å². The van der Waals surface area contributed by atoms with Crippen LogP contribution in [0.15, 0.2) is 47.4 Å². The smallest absolute Gasteiger partial charge is 0.270 e. The van der Waals surface area contributed by atoms with Crippen LogP contribution < -0.4 is 15.8 Å². The predicted octanol–water partition coefficient (Wildman–Crippen LogP) is 1.14. The van der Waals surface area contributed by atoms with Gasteiger partial charge in [-0.05, 0) is 31.2 Å². The normalized spacial score (nSPS) is 12.1. The number of non-ortho nitro benzene ring substituents is 1. The number of anilines is 1. The van der Waals surface area contributed by atoms with Crippen LogP contribution in [0.1, 0.15) is 17.3 Å². The van der Waals surface area contributed by atoms with Crippen molar-refractivity contribution in [2.45, 2.75) is 17.9 Å². The van der Waals surface area contributed by atoms with E-state index in [1.165, 1.54) is 25.1 Å². The highest BCUT2D eigenvalue weighted by atomic mass is 32.2. The second kappa shape index (κ2) is 8.10. The summed E-state index contributed by atoms with van der Waals surface area (Å²) >= 11 is 0. The zero-order valence-electron chi connectivity index (χ0n) is 14.4. The van der Waals surface area contributed by atoms with Gasteiger partial charge in [0.1, 0.15) is 11.9 Å². The molecule has 2 amide bonds. The number of nitro benzene ring substituents is 1. The molecule has 2 aromatic rings. The number of primary sulfonamides is 1. The fraction of sp³-hybridized carbons (Fsp3) is 0.125. The van der Waals surface area contributed by atoms with Gasteiger partial charge in [-0.25, -0.2) is 17.9 Å². The van der Waals surface area contributed by atoms with E-state index in [0.29, 0.717) is 6.07 Å². The van der Waals surface area contributed by atoms with E-state index < -0.39 is 43.5 Å². The number of nitro groups is 1. The number of sulfonamides is 1. The van der Waals surface area contributed by atoms with Crippen molar-refractivity contribution < 1.29 is 27.3 Å². The highest BCUT2D eigenvalue weighted by Gasteiger charge is 2.19. The van der Waals surface area contributed by atoms with E-state index >= 15 is 0 Å². The Hall–Kier alpha value is -3.38. The second-order valence-electron chi connectivity index (χ2n) is 5.71. The molecular weight excluding hydrogens is 395 g/mol. The number of hydrogen-bond donors (Lipinski definition) is 3. The van der Waals surface area contributed by atoms with Crippen LogP contribution in [0, 0.1) is 15.9 Å². The third kappa shape index (κ3) is 5.31. The zero-order chi connectivity index (χ0) is 21.1. The van der Waals surface area contributed by atoms with Crippen molar-refractivity contribution in [1.82, 2.24) is 5.32 Å². The number of rotatable bonds is 6. The molecule has 0 heterocycles. The van der Waals surface area contributed by atoms with Gasteiger partial charge in [0.2, 0.25) is 15.9 Å². The van der Waals surface area contributed by atoms with Crippen molar-refractivity contribution in [2.24, 2.45) is 5.14 Å². The first kappa shape index (κ1) is 20.9. The molecule has 0 aliphatic carbocycles. The molecule has 12 heteroatoms. The summed E-state index contributed by atoms with van der Waals surface area (Å²) in [4.78, 5) is 33.9. The third-order valence-corrected chi connectivity index (χ3v) is 4.42. The lowest BCUT2D eigenvalue weighted by atomic mass is 10.1. The topological polar surface area (TPSA) is 162 Å². The van der Waals surface area contributed by atoms with Gasteiger partial charge in [0.25, 0.3) is 11.6 Å². The summed E-state index contributed by atoms with van der Waals surface area (Å²) in [5.41, 5.74) is -0.498. The molecule has 1 unspecified atom stereocenters. The first-order chi connectivity index (χ1) is 13.0. The number of nitrogens with one attached hydrogen (secondary N) is 2. The van der Waals surface area contributed by atoms with Crippen LogP contribution in [0.2, 0.25) is 0 Å². The van der Waals surface area contributed by atoms with Gasteiger partial charge < -0.3 is 10.6 Å². The molecule has 1 atom stereocenters. The van der Waals surface area contributed by atoms with Crippen molar-refractivity contribution in [2.75, 3.05) is 5.32 Å². The molecule has 0 radical (unpaired) electrons. The van der Waals surface area contributed by atoms with Gasteiger partial charge in [-0.15, -0.1) is 0 Å². The molecule has 2 rings (SSSR count). The Morgan fingerprint density at radius 3 is 2.50 bits per heavy atom. The summed E-state index contributed by atoms with van der Waals surface area (Å²) in [6.07, 6.45) is 0. The molecule has 0 bridgehead atoms. The number of carbonyl (C=O) groups is 2. The highest BCUT2D eigenvalue weighted by molar-refractivity contribution is 7.89. The SMILES string of the molecule is CC(NC(=O)c1cccc([N+](=O)[O-])c1)C(=O)Nc1cc(F)cc(S(N)(=O)=O)c1. The number of nitrogens with zero attached hydrogens (tertiary/aromatic N) is 1. The first-order valence-corrected chi connectivity index (χ1v) is 9.21. The Labute approximate surface area is 158 Å². The number of nitrogens with two attached hydrogens (primary N) is 1. The molecule has 28 heavy (non-hydrogen) atoms. The quantitative estimate of drug-likeness (QED) is 0.478. The number of benzene rings is 2. The Kier molecular flexibility index (Phi) is 6.06. The summed E-state index contributed by atoms with van der Waals surface area (Å²) in [6, 6.07) is 6.32. The van der Waals surface area contributed by atoms with Crippen molar-refractivity contribution in [3.63, 3.8) is 0 Å². The molecule has 0 fully saturated rings. The predicted molar refractivity (Wildman–Crippen MR) is 96.4 cm³/mol. The van der Waals surface area contributed by atoms with E-state index in [1.807, 2.05) is 0 Å². The number of hydrogen-bond acceptors (Lipinski definition) is 6. The number of carbonyl (C=O) groups excluding carboxylic acids is 2. The first-order valence-electron chi connectivity index (χ1n) is 7.67. The van der Waals surface area contributed by atoms with Crippen LogP contribution in [-0.4, -0.2) is 31.2 Å². The van der Waals surface area contributed by atoms with Gasteiger partial charge in [0.05, 0.1) is 9.82 Å². The Morgan fingerprint density at radius 1 is 1.21 bits per heavy atom. The van der Waals surface area contributed by atoms with Crippen LogP contribution in [0.25, 0.3) is 0 Å². The maximum Gasteiger partial charge on any atom is 0.270 e. The largest absolute Gasteiger partial charge is 0.341 e. The molecule has 0 saturated carbocycles. The van der Waals surface area contributed by atoms with Crippen molar-refractivity contribution in [3.05, 3.63) is 64.0 Å². The van der Waals surface area contributed by atoms with E-state index in [4.69, 9.17) is 5.14 Å². The minimum Gasteiger partial charge on any atom is -0.341 e. The van der Waals surface area contributed by atoms with Gasteiger partial charge >= 0.3 is 0 Å².